The summed E-state index contributed by atoms with van der Waals surface area (Å²) in [4.78, 5) is 0. The van der Waals surface area contributed by atoms with Crippen molar-refractivity contribution in [2.75, 3.05) is 0 Å². The summed E-state index contributed by atoms with van der Waals surface area (Å²) < 4.78 is 2.28. The zero-order chi connectivity index (χ0) is 11.0. The molecule has 1 aromatic heterocycles. The van der Waals surface area contributed by atoms with Crippen LogP contribution in [0.4, 0.5) is 0 Å². The van der Waals surface area contributed by atoms with Gasteiger partial charge in [0.05, 0.1) is 0 Å². The van der Waals surface area contributed by atoms with Crippen molar-refractivity contribution in [3.05, 3.63) is 52.8 Å². The lowest BCUT2D eigenvalue weighted by Gasteiger charge is -2.11. The van der Waals surface area contributed by atoms with Crippen LogP contribution >= 0.6 is 0 Å². The molecule has 0 spiro atoms. The van der Waals surface area contributed by atoms with E-state index in [1.165, 1.54) is 28.2 Å². The average Bonchev–Trinajstić information content (AvgIpc) is 2.52. The van der Waals surface area contributed by atoms with Crippen molar-refractivity contribution >= 4 is 0 Å². The second-order valence-electron chi connectivity index (χ2n) is 4.22. The van der Waals surface area contributed by atoms with Gasteiger partial charge in [-0.05, 0) is 63.1 Å². The Hall–Kier alpha value is -1.50. The summed E-state index contributed by atoms with van der Waals surface area (Å²) in [7, 11) is 0. The van der Waals surface area contributed by atoms with Crippen molar-refractivity contribution in [3.63, 3.8) is 0 Å². The van der Waals surface area contributed by atoms with Gasteiger partial charge in [0.15, 0.2) is 0 Å². The molecular formula is C14H17N. The van der Waals surface area contributed by atoms with Gasteiger partial charge >= 0.3 is 0 Å². The van der Waals surface area contributed by atoms with E-state index in [1.54, 1.807) is 0 Å². The Morgan fingerprint density at radius 2 is 1.33 bits per heavy atom. The average molecular weight is 199 g/mol. The summed E-state index contributed by atoms with van der Waals surface area (Å²) in [6.45, 7) is 8.59. The molecule has 0 unspecified atom stereocenters. The fourth-order valence-electron chi connectivity index (χ4n) is 1.94. The van der Waals surface area contributed by atoms with Crippen molar-refractivity contribution in [2.24, 2.45) is 0 Å². The molecule has 0 atom stereocenters. The topological polar surface area (TPSA) is 4.93 Å². The molecule has 0 amide bonds. The summed E-state index contributed by atoms with van der Waals surface area (Å²) in [5.74, 6) is 0. The van der Waals surface area contributed by atoms with E-state index in [0.717, 1.165) is 0 Å². The van der Waals surface area contributed by atoms with Crippen LogP contribution in [0.5, 0.6) is 0 Å². The van der Waals surface area contributed by atoms with Gasteiger partial charge in [-0.3, -0.25) is 0 Å². The highest BCUT2D eigenvalue weighted by atomic mass is 15.0. The van der Waals surface area contributed by atoms with Gasteiger partial charge in [-0.2, -0.15) is 0 Å². The van der Waals surface area contributed by atoms with Gasteiger partial charge in [-0.1, -0.05) is 6.07 Å². The smallest absolute Gasteiger partial charge is 0.0457 e. The van der Waals surface area contributed by atoms with E-state index in [9.17, 15) is 0 Å². The minimum atomic E-state index is 1.26. The summed E-state index contributed by atoms with van der Waals surface area (Å²) >= 11 is 0. The first-order valence-electron chi connectivity index (χ1n) is 5.32. The van der Waals surface area contributed by atoms with Gasteiger partial charge in [-0.15, -0.1) is 0 Å². The normalized spacial score (nSPS) is 10.7. The van der Waals surface area contributed by atoms with Gasteiger partial charge in [0.2, 0.25) is 0 Å². The minimum absolute atomic E-state index is 1.26. The molecule has 0 saturated heterocycles. The number of nitrogens with zero attached hydrogens (tertiary/aromatic N) is 1. The lowest BCUT2D eigenvalue weighted by molar-refractivity contribution is 0.962. The van der Waals surface area contributed by atoms with Crippen LogP contribution in [0, 0.1) is 27.7 Å². The molecule has 1 heteroatoms. The molecule has 1 heterocycles. The molecule has 0 N–H and O–H groups in total. The lowest BCUT2D eigenvalue weighted by Crippen LogP contribution is -1.99. The van der Waals surface area contributed by atoms with Crippen molar-refractivity contribution in [2.45, 2.75) is 27.7 Å². The molecule has 0 aliphatic rings. The zero-order valence-corrected chi connectivity index (χ0v) is 9.83. The highest BCUT2D eigenvalue weighted by Gasteiger charge is 2.04. The lowest BCUT2D eigenvalue weighted by atomic mass is 10.1. The van der Waals surface area contributed by atoms with Crippen molar-refractivity contribution in [1.82, 2.24) is 4.57 Å². The molecule has 0 aliphatic heterocycles. The molecule has 2 aromatic rings. The van der Waals surface area contributed by atoms with Gasteiger partial charge in [0.1, 0.15) is 0 Å². The Bertz CT molecular complexity index is 473. The minimum Gasteiger partial charge on any atom is -0.319 e. The first-order chi connectivity index (χ1) is 7.09. The summed E-state index contributed by atoms with van der Waals surface area (Å²) in [6.07, 6.45) is 0. The highest BCUT2D eigenvalue weighted by molar-refractivity contribution is 5.42. The third-order valence-corrected chi connectivity index (χ3v) is 3.02. The summed E-state index contributed by atoms with van der Waals surface area (Å²) in [6, 6.07) is 10.9. The molecule has 78 valence electrons. The molecule has 0 saturated carbocycles. The molecule has 15 heavy (non-hydrogen) atoms. The van der Waals surface area contributed by atoms with Crippen LogP contribution in [-0.2, 0) is 0 Å². The van der Waals surface area contributed by atoms with E-state index < -0.39 is 0 Å². The van der Waals surface area contributed by atoms with E-state index in [0.29, 0.717) is 0 Å². The van der Waals surface area contributed by atoms with E-state index in [4.69, 9.17) is 0 Å². The quantitative estimate of drug-likeness (QED) is 0.659. The number of aromatic nitrogens is 1. The molecule has 0 radical (unpaired) electrons. The van der Waals surface area contributed by atoms with Gasteiger partial charge in [-0.25, -0.2) is 0 Å². The van der Waals surface area contributed by atoms with E-state index in [-0.39, 0.29) is 0 Å². The third-order valence-electron chi connectivity index (χ3n) is 3.02. The summed E-state index contributed by atoms with van der Waals surface area (Å²) in [5.41, 5.74) is 6.53. The molecule has 1 nitrogen and oxygen atoms in total. The Labute approximate surface area is 91.4 Å². The molecule has 0 fully saturated rings. The highest BCUT2D eigenvalue weighted by Crippen LogP contribution is 2.18. The van der Waals surface area contributed by atoms with Gasteiger partial charge in [0, 0.05) is 17.1 Å². The van der Waals surface area contributed by atoms with Crippen LogP contribution < -0.4 is 0 Å². The van der Waals surface area contributed by atoms with Crippen molar-refractivity contribution in [1.29, 1.82) is 0 Å². The number of benzene rings is 1. The molecular weight excluding hydrogens is 182 g/mol. The SMILES string of the molecule is Cc1ccc(-n2c(C)ccc2C)cc1C. The molecule has 2 rings (SSSR count). The first-order valence-corrected chi connectivity index (χ1v) is 5.32. The number of rotatable bonds is 1. The van der Waals surface area contributed by atoms with Gasteiger partial charge < -0.3 is 4.57 Å². The van der Waals surface area contributed by atoms with Crippen LogP contribution in [0.15, 0.2) is 30.3 Å². The molecule has 0 aliphatic carbocycles. The Kier molecular flexibility index (Phi) is 2.39. The van der Waals surface area contributed by atoms with Crippen molar-refractivity contribution in [3.8, 4) is 5.69 Å². The molecule has 1 aromatic carbocycles. The van der Waals surface area contributed by atoms with E-state index in [1.807, 2.05) is 0 Å². The summed E-state index contributed by atoms with van der Waals surface area (Å²) in [5, 5.41) is 0. The zero-order valence-electron chi connectivity index (χ0n) is 9.83. The monoisotopic (exact) mass is 199 g/mol. The fourth-order valence-corrected chi connectivity index (χ4v) is 1.94. The second-order valence-corrected chi connectivity index (χ2v) is 4.22. The predicted octanol–water partition coefficient (Wildman–Crippen LogP) is 3.71. The maximum atomic E-state index is 2.28. The standard InChI is InChI=1S/C14H17N/c1-10-5-8-14(9-11(10)2)15-12(3)6-7-13(15)4/h5-9H,1-4H3. The fraction of sp³-hybridized carbons (Fsp3) is 0.286. The Balaban J connectivity index is 2.59. The van der Waals surface area contributed by atoms with E-state index >= 15 is 0 Å². The van der Waals surface area contributed by atoms with Crippen LogP contribution in [0.1, 0.15) is 22.5 Å². The van der Waals surface area contributed by atoms with Crippen LogP contribution in [0.3, 0.4) is 0 Å². The van der Waals surface area contributed by atoms with Gasteiger partial charge in [0.25, 0.3) is 0 Å². The van der Waals surface area contributed by atoms with Crippen LogP contribution in [-0.4, -0.2) is 4.57 Å². The van der Waals surface area contributed by atoms with Crippen molar-refractivity contribution < 1.29 is 0 Å². The third kappa shape index (κ3) is 1.70. The second kappa shape index (κ2) is 3.58. The molecule has 0 bridgehead atoms. The number of hydrogen-bond acceptors (Lipinski definition) is 0. The van der Waals surface area contributed by atoms with Crippen LogP contribution in [0.2, 0.25) is 0 Å². The first kappa shape index (κ1) is 10.0. The number of aryl methyl sites for hydroxylation is 4. The Morgan fingerprint density at radius 3 is 1.87 bits per heavy atom. The maximum absolute atomic E-state index is 2.28. The maximum Gasteiger partial charge on any atom is 0.0457 e. The number of hydrogen-bond donors (Lipinski definition) is 0. The largest absolute Gasteiger partial charge is 0.319 e. The van der Waals surface area contributed by atoms with E-state index in [2.05, 4.69) is 62.6 Å². The van der Waals surface area contributed by atoms with Crippen LogP contribution in [0.25, 0.3) is 5.69 Å². The Morgan fingerprint density at radius 1 is 0.733 bits per heavy atom. The predicted molar refractivity (Wildman–Crippen MR) is 64.7 cm³/mol.